The smallest absolute Gasteiger partial charge is 0.347 e. The Morgan fingerprint density at radius 3 is 2.62 bits per heavy atom. The Kier molecular flexibility index (Phi) is 3.73. The number of thiazole rings is 1. The number of anilines is 2. The van der Waals surface area contributed by atoms with Crippen LogP contribution in [0.15, 0.2) is 6.20 Å². The third kappa shape index (κ3) is 2.65. The van der Waals surface area contributed by atoms with Crippen molar-refractivity contribution in [3.8, 4) is 0 Å². The summed E-state index contributed by atoms with van der Waals surface area (Å²) in [6, 6.07) is 0. The van der Waals surface area contributed by atoms with Crippen LogP contribution in [0.25, 0.3) is 0 Å². The molecule has 0 atom stereocenters. The van der Waals surface area contributed by atoms with Crippen LogP contribution in [0, 0.1) is 5.41 Å². The zero-order valence-electron chi connectivity index (χ0n) is 14.3. The van der Waals surface area contributed by atoms with Gasteiger partial charge in [0.05, 0.1) is 6.20 Å². The highest BCUT2D eigenvalue weighted by atomic mass is 32.1. The Hall–Kier alpha value is -1.40. The fourth-order valence-corrected chi connectivity index (χ4v) is 6.11. The molecule has 4 rings (SSSR count). The monoisotopic (exact) mass is 362 g/mol. The summed E-state index contributed by atoms with van der Waals surface area (Å²) < 4.78 is 0. The van der Waals surface area contributed by atoms with E-state index in [1.165, 1.54) is 47.4 Å². The highest BCUT2D eigenvalue weighted by Crippen LogP contribution is 2.55. The van der Waals surface area contributed by atoms with Gasteiger partial charge in [-0.2, -0.15) is 0 Å². The van der Waals surface area contributed by atoms with Crippen LogP contribution in [0.3, 0.4) is 0 Å². The lowest BCUT2D eigenvalue weighted by molar-refractivity contribution is 0.0702. The highest BCUT2D eigenvalue weighted by molar-refractivity contribution is 7.19. The number of nitrogens with zero attached hydrogens (tertiary/aromatic N) is 2. The molecule has 1 fully saturated rings. The van der Waals surface area contributed by atoms with Gasteiger partial charge in [0, 0.05) is 11.4 Å². The van der Waals surface area contributed by atoms with Gasteiger partial charge in [0.2, 0.25) is 0 Å². The largest absolute Gasteiger partial charge is 0.477 e. The zero-order valence-corrected chi connectivity index (χ0v) is 15.9. The lowest BCUT2D eigenvalue weighted by Crippen LogP contribution is -2.17. The molecule has 0 amide bonds. The lowest BCUT2D eigenvalue weighted by Gasteiger charge is -2.21. The Bertz CT molecular complexity index is 802. The summed E-state index contributed by atoms with van der Waals surface area (Å²) in [5, 5.41) is 11.3. The average Bonchev–Trinajstić information content (AvgIpc) is 3.00. The van der Waals surface area contributed by atoms with E-state index in [0.29, 0.717) is 10.3 Å². The molecule has 1 N–H and O–H groups in total. The summed E-state index contributed by atoms with van der Waals surface area (Å²) >= 11 is 3.19. The summed E-state index contributed by atoms with van der Waals surface area (Å²) in [4.78, 5) is 19.7. The van der Waals surface area contributed by atoms with Crippen molar-refractivity contribution in [3.05, 3.63) is 27.1 Å². The van der Waals surface area contributed by atoms with Crippen LogP contribution in [0.5, 0.6) is 0 Å². The van der Waals surface area contributed by atoms with E-state index in [1.54, 1.807) is 10.4 Å². The van der Waals surface area contributed by atoms with Crippen LogP contribution in [0.2, 0.25) is 0 Å². The van der Waals surface area contributed by atoms with E-state index in [2.05, 4.69) is 30.7 Å². The molecule has 2 aromatic heterocycles. The Morgan fingerprint density at radius 1 is 1.33 bits per heavy atom. The minimum absolute atomic E-state index is 0.305. The molecule has 0 saturated heterocycles. The van der Waals surface area contributed by atoms with E-state index in [-0.39, 0.29) is 0 Å². The second-order valence-corrected chi connectivity index (χ2v) is 9.62. The van der Waals surface area contributed by atoms with E-state index in [0.717, 1.165) is 24.0 Å². The topological polar surface area (TPSA) is 53.4 Å². The van der Waals surface area contributed by atoms with E-state index < -0.39 is 5.97 Å². The molecule has 0 radical (unpaired) electrons. The molecule has 2 aliphatic carbocycles. The number of thiophene rings is 1. The minimum Gasteiger partial charge on any atom is -0.477 e. The first-order valence-electron chi connectivity index (χ1n) is 8.50. The van der Waals surface area contributed by atoms with Crippen LogP contribution in [-0.4, -0.2) is 22.6 Å². The summed E-state index contributed by atoms with van der Waals surface area (Å²) in [7, 11) is 0. The van der Waals surface area contributed by atoms with E-state index in [4.69, 9.17) is 0 Å². The van der Waals surface area contributed by atoms with Crippen LogP contribution in [0.1, 0.15) is 65.2 Å². The Balaban J connectivity index is 1.77. The zero-order chi connectivity index (χ0) is 17.1. The number of hydrogen-bond donors (Lipinski definition) is 1. The molecule has 4 nitrogen and oxygen atoms in total. The van der Waals surface area contributed by atoms with Gasteiger partial charge in [-0.1, -0.05) is 25.2 Å². The molecule has 0 spiro atoms. The average molecular weight is 363 g/mol. The van der Waals surface area contributed by atoms with Gasteiger partial charge in [0.25, 0.3) is 0 Å². The van der Waals surface area contributed by atoms with Gasteiger partial charge in [0.1, 0.15) is 9.88 Å². The predicted molar refractivity (Wildman–Crippen MR) is 99.2 cm³/mol. The molecule has 1 saturated carbocycles. The van der Waals surface area contributed by atoms with Crippen molar-refractivity contribution in [1.82, 2.24) is 4.98 Å². The van der Waals surface area contributed by atoms with Gasteiger partial charge in [-0.3, -0.25) is 0 Å². The van der Waals surface area contributed by atoms with Crippen molar-refractivity contribution in [2.24, 2.45) is 5.41 Å². The fourth-order valence-electron chi connectivity index (χ4n) is 3.65. The van der Waals surface area contributed by atoms with Gasteiger partial charge >= 0.3 is 5.97 Å². The summed E-state index contributed by atoms with van der Waals surface area (Å²) in [5.41, 5.74) is 3.39. The molecule has 128 valence electrons. The van der Waals surface area contributed by atoms with Crippen molar-refractivity contribution in [2.75, 3.05) is 11.4 Å². The van der Waals surface area contributed by atoms with Crippen molar-refractivity contribution in [3.63, 3.8) is 0 Å². The second kappa shape index (κ2) is 5.56. The first kappa shape index (κ1) is 16.1. The predicted octanol–water partition coefficient (Wildman–Crippen LogP) is 5.06. The van der Waals surface area contributed by atoms with Gasteiger partial charge in [-0.15, -0.1) is 11.3 Å². The fraction of sp³-hybridized carbons (Fsp3) is 0.556. The Morgan fingerprint density at radius 2 is 2.04 bits per heavy atom. The first-order valence-corrected chi connectivity index (χ1v) is 10.1. The molecule has 6 heteroatoms. The Labute approximate surface area is 150 Å². The van der Waals surface area contributed by atoms with E-state index >= 15 is 0 Å². The number of carboxylic acids is 1. The normalized spacial score (nSPS) is 18.6. The summed E-state index contributed by atoms with van der Waals surface area (Å²) in [6.45, 7) is 7.62. The minimum atomic E-state index is -0.897. The molecule has 24 heavy (non-hydrogen) atoms. The van der Waals surface area contributed by atoms with Gasteiger partial charge in [0.15, 0.2) is 5.13 Å². The third-order valence-electron chi connectivity index (χ3n) is 4.88. The number of aromatic carboxylic acids is 1. The molecule has 0 bridgehead atoms. The second-order valence-electron chi connectivity index (χ2n) is 7.58. The maximum Gasteiger partial charge on any atom is 0.347 e. The summed E-state index contributed by atoms with van der Waals surface area (Å²) in [5.74, 6) is -0.137. The van der Waals surface area contributed by atoms with Crippen molar-refractivity contribution in [2.45, 2.75) is 52.4 Å². The number of carbonyl (C=O) groups is 1. The number of carboxylic acid groups (broad SMARTS) is 1. The number of rotatable bonds is 5. The summed E-state index contributed by atoms with van der Waals surface area (Å²) in [6.07, 6.45) is 6.39. The quantitative estimate of drug-likeness (QED) is 0.807. The molecule has 2 aromatic rings. The SMILES string of the molecule is CCN(c1ncc(C(=O)O)s1)c1sc(C2CC2)c2c1CC(C)(C)C2. The third-order valence-corrected chi connectivity index (χ3v) is 7.35. The first-order chi connectivity index (χ1) is 11.4. The molecule has 0 aliphatic heterocycles. The molecule has 0 unspecified atom stereocenters. The van der Waals surface area contributed by atoms with Crippen LogP contribution < -0.4 is 4.90 Å². The lowest BCUT2D eigenvalue weighted by atomic mass is 9.90. The van der Waals surface area contributed by atoms with Crippen molar-refractivity contribution in [1.29, 1.82) is 0 Å². The van der Waals surface area contributed by atoms with Crippen LogP contribution in [-0.2, 0) is 12.8 Å². The van der Waals surface area contributed by atoms with Crippen LogP contribution >= 0.6 is 22.7 Å². The maximum atomic E-state index is 11.2. The van der Waals surface area contributed by atoms with Crippen molar-refractivity contribution >= 4 is 38.8 Å². The van der Waals surface area contributed by atoms with Crippen molar-refractivity contribution < 1.29 is 9.90 Å². The molecule has 0 aromatic carbocycles. The highest BCUT2D eigenvalue weighted by Gasteiger charge is 2.39. The van der Waals surface area contributed by atoms with Gasteiger partial charge in [-0.25, -0.2) is 9.78 Å². The molecule has 2 aliphatic rings. The van der Waals surface area contributed by atoms with E-state index in [1.807, 2.05) is 11.3 Å². The molecular weight excluding hydrogens is 340 g/mol. The number of aromatic nitrogens is 1. The maximum absolute atomic E-state index is 11.2. The van der Waals surface area contributed by atoms with Gasteiger partial charge < -0.3 is 10.0 Å². The number of fused-ring (bicyclic) bond motifs is 1. The molecule has 2 heterocycles. The van der Waals surface area contributed by atoms with Gasteiger partial charge in [-0.05, 0) is 55.1 Å². The van der Waals surface area contributed by atoms with Crippen LogP contribution in [0.4, 0.5) is 10.1 Å². The number of hydrogen-bond acceptors (Lipinski definition) is 5. The molecular formula is C18H22N2O2S2. The van der Waals surface area contributed by atoms with E-state index in [9.17, 15) is 9.90 Å². The standard InChI is InChI=1S/C18H22N2O2S2/c1-4-20(17-19-9-13(23-17)16(21)22)15-12-8-18(2,3)7-11(12)14(24-15)10-5-6-10/h9-10H,4-8H2,1-3H3,(H,21,22).